The lowest BCUT2D eigenvalue weighted by Gasteiger charge is -2.37. The summed E-state index contributed by atoms with van der Waals surface area (Å²) >= 11 is 0. The molecule has 1 heterocycles. The summed E-state index contributed by atoms with van der Waals surface area (Å²) in [5, 5.41) is 12.5. The van der Waals surface area contributed by atoms with Gasteiger partial charge in [0.05, 0.1) is 12.6 Å². The molecule has 19 heavy (non-hydrogen) atoms. The first kappa shape index (κ1) is 16.7. The van der Waals surface area contributed by atoms with Gasteiger partial charge in [-0.3, -0.25) is 0 Å². The van der Waals surface area contributed by atoms with E-state index >= 15 is 0 Å². The molecule has 3 nitrogen and oxygen atoms in total. The summed E-state index contributed by atoms with van der Waals surface area (Å²) in [6.45, 7) is 4.44. The standard InChI is InChI=1S/C13H25F3N2O/c1-9(2)12(19)5-10-4-11(7-18(3)6-10)17-8-13(14,15)16/h9-12,17,19H,4-8H2,1-3H3. The van der Waals surface area contributed by atoms with Gasteiger partial charge >= 0.3 is 6.18 Å². The van der Waals surface area contributed by atoms with Crippen LogP contribution in [0.25, 0.3) is 0 Å². The number of halogens is 3. The maximum absolute atomic E-state index is 12.2. The highest BCUT2D eigenvalue weighted by Crippen LogP contribution is 2.23. The maximum atomic E-state index is 12.2. The van der Waals surface area contributed by atoms with Gasteiger partial charge in [0.15, 0.2) is 0 Å². The molecule has 0 bridgehead atoms. The topological polar surface area (TPSA) is 35.5 Å². The lowest BCUT2D eigenvalue weighted by atomic mass is 9.87. The van der Waals surface area contributed by atoms with Crippen molar-refractivity contribution < 1.29 is 18.3 Å². The molecule has 3 unspecified atom stereocenters. The van der Waals surface area contributed by atoms with E-state index in [0.29, 0.717) is 19.4 Å². The third-order valence-corrected chi connectivity index (χ3v) is 3.66. The SMILES string of the molecule is CC(C)C(O)CC1CC(NCC(F)(F)F)CN(C)C1. The zero-order chi connectivity index (χ0) is 14.6. The highest BCUT2D eigenvalue weighted by atomic mass is 19.4. The number of hydrogen-bond donors (Lipinski definition) is 2. The monoisotopic (exact) mass is 282 g/mol. The molecule has 1 aliphatic rings. The van der Waals surface area contributed by atoms with Crippen LogP contribution >= 0.6 is 0 Å². The summed E-state index contributed by atoms with van der Waals surface area (Å²) in [4.78, 5) is 2.04. The molecule has 1 fully saturated rings. The van der Waals surface area contributed by atoms with E-state index in [1.165, 1.54) is 0 Å². The number of nitrogens with zero attached hydrogens (tertiary/aromatic N) is 1. The van der Waals surface area contributed by atoms with Crippen molar-refractivity contribution in [1.29, 1.82) is 0 Å². The van der Waals surface area contributed by atoms with E-state index in [9.17, 15) is 18.3 Å². The van der Waals surface area contributed by atoms with Gasteiger partial charge in [-0.05, 0) is 31.7 Å². The van der Waals surface area contributed by atoms with Gasteiger partial charge in [0.2, 0.25) is 0 Å². The molecule has 0 aliphatic carbocycles. The number of rotatable bonds is 5. The Balaban J connectivity index is 2.44. The van der Waals surface area contributed by atoms with Crippen LogP contribution in [0, 0.1) is 11.8 Å². The van der Waals surface area contributed by atoms with Crippen molar-refractivity contribution in [3.05, 3.63) is 0 Å². The predicted octanol–water partition coefficient (Wildman–Crippen LogP) is 1.87. The van der Waals surface area contributed by atoms with Crippen LogP contribution in [-0.4, -0.2) is 55.0 Å². The lowest BCUT2D eigenvalue weighted by Crippen LogP contribution is -2.50. The molecule has 0 aromatic heterocycles. The lowest BCUT2D eigenvalue weighted by molar-refractivity contribution is -0.127. The van der Waals surface area contributed by atoms with Crippen molar-refractivity contribution in [2.45, 2.75) is 45.0 Å². The summed E-state index contributed by atoms with van der Waals surface area (Å²) in [5.74, 6) is 0.440. The highest BCUT2D eigenvalue weighted by Gasteiger charge is 2.32. The van der Waals surface area contributed by atoms with Crippen LogP contribution in [0.5, 0.6) is 0 Å². The Kier molecular flexibility index (Phi) is 6.08. The first-order valence-corrected chi connectivity index (χ1v) is 6.84. The fourth-order valence-electron chi connectivity index (χ4n) is 2.64. The Morgan fingerprint density at radius 2 is 1.95 bits per heavy atom. The minimum Gasteiger partial charge on any atom is -0.393 e. The molecule has 6 heteroatoms. The van der Waals surface area contributed by atoms with E-state index in [1.807, 2.05) is 25.8 Å². The summed E-state index contributed by atoms with van der Waals surface area (Å²) in [5.41, 5.74) is 0. The van der Waals surface area contributed by atoms with Gasteiger partial charge in [-0.2, -0.15) is 13.2 Å². The molecular weight excluding hydrogens is 257 g/mol. The summed E-state index contributed by atoms with van der Waals surface area (Å²) in [6, 6.07) is -0.148. The van der Waals surface area contributed by atoms with Crippen molar-refractivity contribution in [1.82, 2.24) is 10.2 Å². The van der Waals surface area contributed by atoms with Gasteiger partial charge in [0, 0.05) is 19.1 Å². The molecule has 0 aromatic carbocycles. The third-order valence-electron chi connectivity index (χ3n) is 3.66. The molecule has 1 rings (SSSR count). The molecule has 0 radical (unpaired) electrons. The van der Waals surface area contributed by atoms with E-state index in [2.05, 4.69) is 5.32 Å². The summed E-state index contributed by atoms with van der Waals surface area (Å²) in [6.07, 6.45) is -3.18. The zero-order valence-electron chi connectivity index (χ0n) is 11.9. The Hall–Kier alpha value is -0.330. The van der Waals surface area contributed by atoms with E-state index in [4.69, 9.17) is 0 Å². The van der Waals surface area contributed by atoms with Crippen LogP contribution in [-0.2, 0) is 0 Å². The van der Waals surface area contributed by atoms with E-state index in [0.717, 1.165) is 6.54 Å². The number of likely N-dealkylation sites (tertiary alicyclic amines) is 1. The fourth-order valence-corrected chi connectivity index (χ4v) is 2.64. The second-order valence-electron chi connectivity index (χ2n) is 6.06. The van der Waals surface area contributed by atoms with Crippen LogP contribution < -0.4 is 5.32 Å². The van der Waals surface area contributed by atoms with Crippen molar-refractivity contribution >= 4 is 0 Å². The van der Waals surface area contributed by atoms with Crippen molar-refractivity contribution in [2.24, 2.45) is 11.8 Å². The van der Waals surface area contributed by atoms with Crippen molar-refractivity contribution in [3.8, 4) is 0 Å². The molecule has 1 aliphatic heterocycles. The first-order valence-electron chi connectivity index (χ1n) is 6.84. The fraction of sp³-hybridized carbons (Fsp3) is 1.00. The minimum atomic E-state index is -4.16. The second-order valence-corrected chi connectivity index (χ2v) is 6.06. The van der Waals surface area contributed by atoms with E-state index in [-0.39, 0.29) is 24.0 Å². The minimum absolute atomic E-state index is 0.148. The van der Waals surface area contributed by atoms with Crippen LogP contribution in [0.15, 0.2) is 0 Å². The van der Waals surface area contributed by atoms with Gasteiger partial charge in [0.25, 0.3) is 0 Å². The first-order chi connectivity index (χ1) is 8.67. The number of aliphatic hydroxyl groups excluding tert-OH is 1. The van der Waals surface area contributed by atoms with Gasteiger partial charge in [-0.1, -0.05) is 13.8 Å². The maximum Gasteiger partial charge on any atom is 0.401 e. The zero-order valence-corrected chi connectivity index (χ0v) is 11.9. The number of likely N-dealkylation sites (N-methyl/N-ethyl adjacent to an activating group) is 1. The van der Waals surface area contributed by atoms with E-state index < -0.39 is 12.7 Å². The van der Waals surface area contributed by atoms with Crippen LogP contribution in [0.4, 0.5) is 13.2 Å². The molecule has 0 spiro atoms. The largest absolute Gasteiger partial charge is 0.401 e. The quantitative estimate of drug-likeness (QED) is 0.808. The average molecular weight is 282 g/mol. The smallest absolute Gasteiger partial charge is 0.393 e. The molecule has 0 saturated carbocycles. The number of alkyl halides is 3. The van der Waals surface area contributed by atoms with E-state index in [1.54, 1.807) is 0 Å². The summed E-state index contributed by atoms with van der Waals surface area (Å²) in [7, 11) is 1.91. The molecule has 2 N–H and O–H groups in total. The Labute approximate surface area is 113 Å². The molecule has 0 amide bonds. The predicted molar refractivity (Wildman–Crippen MR) is 68.9 cm³/mol. The molecule has 0 aromatic rings. The number of hydrogen-bond acceptors (Lipinski definition) is 3. The Morgan fingerprint density at radius 3 is 2.47 bits per heavy atom. The van der Waals surface area contributed by atoms with Crippen molar-refractivity contribution in [2.75, 3.05) is 26.7 Å². The molecule has 1 saturated heterocycles. The average Bonchev–Trinajstić information content (AvgIpc) is 2.24. The van der Waals surface area contributed by atoms with Crippen LogP contribution in [0.1, 0.15) is 26.7 Å². The third kappa shape index (κ3) is 6.58. The van der Waals surface area contributed by atoms with Crippen molar-refractivity contribution in [3.63, 3.8) is 0 Å². The van der Waals surface area contributed by atoms with Gasteiger partial charge < -0.3 is 15.3 Å². The van der Waals surface area contributed by atoms with Gasteiger partial charge in [-0.15, -0.1) is 0 Å². The van der Waals surface area contributed by atoms with Crippen LogP contribution in [0.3, 0.4) is 0 Å². The Morgan fingerprint density at radius 1 is 1.32 bits per heavy atom. The molecular formula is C13H25F3N2O. The molecule has 3 atom stereocenters. The molecule has 114 valence electrons. The number of aliphatic hydroxyl groups is 1. The summed E-state index contributed by atoms with van der Waals surface area (Å²) < 4.78 is 36.6. The van der Waals surface area contributed by atoms with Gasteiger partial charge in [0.1, 0.15) is 0 Å². The number of nitrogens with one attached hydrogen (secondary N) is 1. The van der Waals surface area contributed by atoms with Crippen LogP contribution in [0.2, 0.25) is 0 Å². The van der Waals surface area contributed by atoms with Gasteiger partial charge in [-0.25, -0.2) is 0 Å². The number of piperidine rings is 1. The normalized spacial score (nSPS) is 27.8. The highest BCUT2D eigenvalue weighted by molar-refractivity contribution is 4.84. The Bertz CT molecular complexity index is 271. The second kappa shape index (κ2) is 6.90.